The van der Waals surface area contributed by atoms with Crippen LogP contribution in [0.5, 0.6) is 0 Å². The Bertz CT molecular complexity index is 262. The molecule has 1 aromatic carbocycles. The molecule has 0 saturated heterocycles. The Hall–Kier alpha value is -0.540. The smallest absolute Gasteiger partial charge is 0.128 e. The lowest BCUT2D eigenvalue weighted by atomic mass is 10.2. The number of halogens is 1. The molecule has 1 aromatic rings. The van der Waals surface area contributed by atoms with Gasteiger partial charge < -0.3 is 0 Å². The van der Waals surface area contributed by atoms with E-state index in [0.29, 0.717) is 6.54 Å². The molecular weight excluding hydrogens is 149 g/mol. The maximum atomic E-state index is 12.8. The van der Waals surface area contributed by atoms with Crippen LogP contribution in [-0.4, -0.2) is 0 Å². The van der Waals surface area contributed by atoms with Gasteiger partial charge in [0.2, 0.25) is 0 Å². The number of benzene rings is 1. The second-order valence-electron chi connectivity index (χ2n) is 2.14. The van der Waals surface area contributed by atoms with Gasteiger partial charge in [-0.3, -0.25) is 4.72 Å². The van der Waals surface area contributed by atoms with Crippen molar-refractivity contribution in [3.05, 3.63) is 29.6 Å². The first-order chi connectivity index (χ1) is 4.88. The van der Waals surface area contributed by atoms with Gasteiger partial charge in [-0.1, -0.05) is 6.07 Å². The highest BCUT2D eigenvalue weighted by Gasteiger charge is 2.13. The third kappa shape index (κ3) is 0.822. The summed E-state index contributed by atoms with van der Waals surface area (Å²) < 4.78 is 15.8. The van der Waals surface area contributed by atoms with E-state index in [9.17, 15) is 4.39 Å². The summed E-state index contributed by atoms with van der Waals surface area (Å²) in [5.41, 5.74) is 0.799. The zero-order valence-corrected chi connectivity index (χ0v) is 6.04. The quantitative estimate of drug-likeness (QED) is 0.574. The molecule has 0 aliphatic carbocycles. The molecular formula is C7H6FNS. The Morgan fingerprint density at radius 2 is 2.40 bits per heavy atom. The van der Waals surface area contributed by atoms with Crippen LogP contribution >= 0.6 is 11.9 Å². The molecule has 0 unspecified atom stereocenters. The topological polar surface area (TPSA) is 12.0 Å². The molecule has 0 fully saturated rings. The minimum atomic E-state index is -0.102. The van der Waals surface area contributed by atoms with Crippen LogP contribution in [0.1, 0.15) is 5.56 Å². The molecule has 0 aromatic heterocycles. The molecule has 10 heavy (non-hydrogen) atoms. The maximum Gasteiger partial charge on any atom is 0.128 e. The molecule has 0 saturated carbocycles. The van der Waals surface area contributed by atoms with Gasteiger partial charge in [0, 0.05) is 17.0 Å². The maximum absolute atomic E-state index is 12.8. The molecule has 1 aliphatic heterocycles. The van der Waals surface area contributed by atoms with Gasteiger partial charge in [-0.05, 0) is 24.1 Å². The summed E-state index contributed by atoms with van der Waals surface area (Å²) in [5, 5.41) is 0. The molecule has 52 valence electrons. The van der Waals surface area contributed by atoms with Crippen molar-refractivity contribution in [2.24, 2.45) is 0 Å². The fourth-order valence-electron chi connectivity index (χ4n) is 0.992. The van der Waals surface area contributed by atoms with Crippen molar-refractivity contribution in [3.63, 3.8) is 0 Å². The lowest BCUT2D eigenvalue weighted by molar-refractivity contribution is 0.605. The number of fused-ring (bicyclic) bond motifs is 1. The van der Waals surface area contributed by atoms with Crippen molar-refractivity contribution in [3.8, 4) is 0 Å². The van der Waals surface area contributed by atoms with Crippen LogP contribution in [0.4, 0.5) is 4.39 Å². The standard InChI is InChI=1S/C7H6FNS/c8-6-2-1-3-7-5(6)4-9-10-7/h1-3,9H,4H2. The van der Waals surface area contributed by atoms with Gasteiger partial charge in [0.25, 0.3) is 0 Å². The highest BCUT2D eigenvalue weighted by atomic mass is 32.2. The zero-order valence-electron chi connectivity index (χ0n) is 5.23. The Morgan fingerprint density at radius 3 is 3.20 bits per heavy atom. The third-order valence-corrected chi connectivity index (χ3v) is 2.40. The SMILES string of the molecule is Fc1cccc2c1CNS2. The summed E-state index contributed by atoms with van der Waals surface area (Å²) >= 11 is 1.49. The predicted octanol–water partition coefficient (Wildman–Crippen LogP) is 1.94. The predicted molar refractivity (Wildman–Crippen MR) is 39.1 cm³/mol. The van der Waals surface area contributed by atoms with E-state index in [1.807, 2.05) is 6.07 Å². The van der Waals surface area contributed by atoms with Crippen LogP contribution in [0, 0.1) is 5.82 Å². The van der Waals surface area contributed by atoms with Crippen molar-refractivity contribution < 1.29 is 4.39 Å². The van der Waals surface area contributed by atoms with Crippen molar-refractivity contribution in [1.82, 2.24) is 4.72 Å². The van der Waals surface area contributed by atoms with E-state index in [4.69, 9.17) is 0 Å². The molecule has 1 nitrogen and oxygen atoms in total. The number of rotatable bonds is 0. The van der Waals surface area contributed by atoms with E-state index in [2.05, 4.69) is 4.72 Å². The number of hydrogen-bond acceptors (Lipinski definition) is 2. The Morgan fingerprint density at radius 1 is 1.50 bits per heavy atom. The van der Waals surface area contributed by atoms with Gasteiger partial charge in [0.15, 0.2) is 0 Å². The summed E-state index contributed by atoms with van der Waals surface area (Å²) in [7, 11) is 0. The molecule has 0 radical (unpaired) electrons. The highest BCUT2D eigenvalue weighted by Crippen LogP contribution is 2.28. The van der Waals surface area contributed by atoms with Crippen LogP contribution in [0.15, 0.2) is 23.1 Å². The van der Waals surface area contributed by atoms with Crippen molar-refractivity contribution in [2.45, 2.75) is 11.4 Å². The van der Waals surface area contributed by atoms with Gasteiger partial charge in [-0.2, -0.15) is 0 Å². The molecule has 2 rings (SSSR count). The van der Waals surface area contributed by atoms with E-state index < -0.39 is 0 Å². The average Bonchev–Trinajstić information content (AvgIpc) is 2.36. The van der Waals surface area contributed by atoms with Crippen LogP contribution in [0.3, 0.4) is 0 Å². The lowest BCUT2D eigenvalue weighted by Gasteiger charge is -1.94. The molecule has 0 atom stereocenters. The fraction of sp³-hybridized carbons (Fsp3) is 0.143. The van der Waals surface area contributed by atoms with Crippen LogP contribution < -0.4 is 4.72 Å². The average molecular weight is 155 g/mol. The largest absolute Gasteiger partial charge is 0.255 e. The summed E-state index contributed by atoms with van der Waals surface area (Å²) in [6.45, 7) is 0.646. The van der Waals surface area contributed by atoms with Gasteiger partial charge in [0.1, 0.15) is 5.82 Å². The number of nitrogens with one attached hydrogen (secondary N) is 1. The summed E-state index contributed by atoms with van der Waals surface area (Å²) in [6, 6.07) is 5.14. The van der Waals surface area contributed by atoms with Crippen LogP contribution in [0.25, 0.3) is 0 Å². The Kier molecular flexibility index (Phi) is 1.39. The molecule has 1 N–H and O–H groups in total. The first kappa shape index (κ1) is 6.19. The van der Waals surface area contributed by atoms with Crippen LogP contribution in [0.2, 0.25) is 0 Å². The minimum absolute atomic E-state index is 0.102. The minimum Gasteiger partial charge on any atom is -0.255 e. The van der Waals surface area contributed by atoms with Crippen molar-refractivity contribution in [1.29, 1.82) is 0 Å². The normalized spacial score (nSPS) is 15.3. The van der Waals surface area contributed by atoms with Gasteiger partial charge >= 0.3 is 0 Å². The first-order valence-electron chi connectivity index (χ1n) is 3.05. The van der Waals surface area contributed by atoms with E-state index in [1.165, 1.54) is 18.0 Å². The zero-order chi connectivity index (χ0) is 6.97. The molecule has 0 bridgehead atoms. The second-order valence-corrected chi connectivity index (χ2v) is 3.07. The summed E-state index contributed by atoms with van der Waals surface area (Å²) in [5.74, 6) is -0.102. The molecule has 1 aliphatic rings. The van der Waals surface area contributed by atoms with E-state index in [-0.39, 0.29) is 5.82 Å². The van der Waals surface area contributed by atoms with E-state index in [1.54, 1.807) is 6.07 Å². The fourth-order valence-corrected chi connectivity index (χ4v) is 1.80. The van der Waals surface area contributed by atoms with Gasteiger partial charge in [-0.25, -0.2) is 4.39 Å². The monoisotopic (exact) mass is 155 g/mol. The second kappa shape index (κ2) is 2.25. The molecule has 1 heterocycles. The Balaban J connectivity index is 2.59. The van der Waals surface area contributed by atoms with Gasteiger partial charge in [0.05, 0.1) is 0 Å². The van der Waals surface area contributed by atoms with Gasteiger partial charge in [-0.15, -0.1) is 0 Å². The molecule has 0 spiro atoms. The van der Waals surface area contributed by atoms with E-state index in [0.717, 1.165) is 10.5 Å². The van der Waals surface area contributed by atoms with Crippen molar-refractivity contribution >= 4 is 11.9 Å². The lowest BCUT2D eigenvalue weighted by Crippen LogP contribution is -1.94. The molecule has 3 heteroatoms. The summed E-state index contributed by atoms with van der Waals surface area (Å²) in [4.78, 5) is 1.01. The van der Waals surface area contributed by atoms with Crippen LogP contribution in [-0.2, 0) is 6.54 Å². The number of hydrogen-bond donors (Lipinski definition) is 1. The van der Waals surface area contributed by atoms with Crippen molar-refractivity contribution in [2.75, 3.05) is 0 Å². The summed E-state index contributed by atoms with van der Waals surface area (Å²) in [6.07, 6.45) is 0. The third-order valence-electron chi connectivity index (χ3n) is 1.51. The molecule has 0 amide bonds. The highest BCUT2D eigenvalue weighted by molar-refractivity contribution is 7.97. The first-order valence-corrected chi connectivity index (χ1v) is 3.86. The Labute approximate surface area is 62.8 Å². The van der Waals surface area contributed by atoms with E-state index >= 15 is 0 Å².